The molecule has 0 spiro atoms. The number of nitrogens with zero attached hydrogens (tertiary/aromatic N) is 3. The van der Waals surface area contributed by atoms with E-state index in [9.17, 15) is 0 Å². The van der Waals surface area contributed by atoms with Gasteiger partial charge in [-0.3, -0.25) is 0 Å². The molecule has 1 aromatic heterocycles. The van der Waals surface area contributed by atoms with Gasteiger partial charge in [0, 0.05) is 25.5 Å². The lowest BCUT2D eigenvalue weighted by atomic mass is 10.1. The number of hydrogen-bond acceptors (Lipinski definition) is 4. The van der Waals surface area contributed by atoms with Crippen LogP contribution in [0.3, 0.4) is 0 Å². The summed E-state index contributed by atoms with van der Waals surface area (Å²) >= 11 is 0. The third kappa shape index (κ3) is 6.50. The smallest absolute Gasteiger partial charge is 0.191 e. The van der Waals surface area contributed by atoms with E-state index in [4.69, 9.17) is 14.5 Å². The van der Waals surface area contributed by atoms with E-state index in [1.807, 2.05) is 42.1 Å². The van der Waals surface area contributed by atoms with Gasteiger partial charge in [0.2, 0.25) is 0 Å². The van der Waals surface area contributed by atoms with E-state index in [-0.39, 0.29) is 0 Å². The minimum atomic E-state index is 0.552. The second-order valence-corrected chi connectivity index (χ2v) is 6.91. The Morgan fingerprint density at radius 2 is 1.84 bits per heavy atom. The van der Waals surface area contributed by atoms with Crippen LogP contribution in [0.25, 0.3) is 5.69 Å². The fourth-order valence-corrected chi connectivity index (χ4v) is 3.16. The number of rotatable bonds is 10. The molecular formula is C24H31N5O2. The molecule has 0 amide bonds. The molecule has 0 unspecified atom stereocenters. The molecule has 2 aromatic carbocycles. The van der Waals surface area contributed by atoms with Crippen molar-refractivity contribution in [3.05, 3.63) is 72.1 Å². The lowest BCUT2D eigenvalue weighted by Gasteiger charge is -2.13. The van der Waals surface area contributed by atoms with Crippen LogP contribution in [-0.2, 0) is 13.0 Å². The minimum absolute atomic E-state index is 0.552. The first-order chi connectivity index (χ1) is 15.2. The summed E-state index contributed by atoms with van der Waals surface area (Å²) in [7, 11) is 1.65. The highest BCUT2D eigenvalue weighted by atomic mass is 16.5. The predicted octanol–water partition coefficient (Wildman–Crippen LogP) is 3.58. The number of ether oxygens (including phenoxy) is 2. The summed E-state index contributed by atoms with van der Waals surface area (Å²) in [5, 5.41) is 11.0. The van der Waals surface area contributed by atoms with E-state index in [1.54, 1.807) is 13.3 Å². The second-order valence-electron chi connectivity index (χ2n) is 6.91. The van der Waals surface area contributed by atoms with Gasteiger partial charge in [-0.15, -0.1) is 0 Å². The van der Waals surface area contributed by atoms with Crippen LogP contribution in [0.1, 0.15) is 25.0 Å². The maximum absolute atomic E-state index is 5.58. The van der Waals surface area contributed by atoms with Crippen molar-refractivity contribution in [1.82, 2.24) is 20.4 Å². The maximum atomic E-state index is 5.58. The molecular weight excluding hydrogens is 390 g/mol. The highest BCUT2D eigenvalue weighted by molar-refractivity contribution is 5.79. The zero-order chi connectivity index (χ0) is 21.9. The monoisotopic (exact) mass is 421 g/mol. The van der Waals surface area contributed by atoms with Gasteiger partial charge in [-0.2, -0.15) is 5.10 Å². The van der Waals surface area contributed by atoms with Crippen LogP contribution in [0.2, 0.25) is 0 Å². The largest absolute Gasteiger partial charge is 0.493 e. The molecule has 0 fully saturated rings. The lowest BCUT2D eigenvalue weighted by Crippen LogP contribution is -2.38. The Balaban J connectivity index is 1.55. The molecule has 2 N–H and O–H groups in total. The fraction of sp³-hybridized carbons (Fsp3) is 0.333. The number of methoxy groups -OCH3 is 1. The summed E-state index contributed by atoms with van der Waals surface area (Å²) in [6, 6.07) is 16.3. The number of aromatic nitrogens is 2. The van der Waals surface area contributed by atoms with Gasteiger partial charge in [0.15, 0.2) is 17.5 Å². The van der Waals surface area contributed by atoms with Gasteiger partial charge in [0.1, 0.15) is 0 Å². The van der Waals surface area contributed by atoms with Crippen molar-refractivity contribution in [3.8, 4) is 17.2 Å². The van der Waals surface area contributed by atoms with Crippen LogP contribution >= 0.6 is 0 Å². The number of hydrogen-bond donors (Lipinski definition) is 2. The average molecular weight is 422 g/mol. The van der Waals surface area contributed by atoms with Crippen LogP contribution in [0.5, 0.6) is 11.5 Å². The van der Waals surface area contributed by atoms with E-state index < -0.39 is 0 Å². The molecule has 7 nitrogen and oxygen atoms in total. The van der Waals surface area contributed by atoms with Gasteiger partial charge in [0.05, 0.1) is 25.9 Å². The molecule has 0 aliphatic heterocycles. The Morgan fingerprint density at radius 3 is 2.52 bits per heavy atom. The van der Waals surface area contributed by atoms with E-state index in [1.165, 1.54) is 5.56 Å². The van der Waals surface area contributed by atoms with Crippen molar-refractivity contribution in [3.63, 3.8) is 0 Å². The summed E-state index contributed by atoms with van der Waals surface area (Å²) in [4.78, 5) is 4.70. The summed E-state index contributed by atoms with van der Waals surface area (Å²) in [5.41, 5.74) is 3.38. The molecule has 0 aliphatic rings. The van der Waals surface area contributed by atoms with E-state index in [0.29, 0.717) is 13.2 Å². The number of nitrogens with one attached hydrogen (secondary N) is 2. The van der Waals surface area contributed by atoms with Gasteiger partial charge < -0.3 is 20.1 Å². The molecule has 3 aromatic rings. The predicted molar refractivity (Wildman–Crippen MR) is 124 cm³/mol. The van der Waals surface area contributed by atoms with Crippen LogP contribution in [0, 0.1) is 0 Å². The summed E-state index contributed by atoms with van der Waals surface area (Å²) < 4.78 is 12.9. The van der Waals surface area contributed by atoms with E-state index in [2.05, 4.69) is 46.9 Å². The Bertz CT molecular complexity index is 953. The summed E-state index contributed by atoms with van der Waals surface area (Å²) in [6.07, 6.45) is 4.62. The van der Waals surface area contributed by atoms with Crippen molar-refractivity contribution in [2.24, 2.45) is 4.99 Å². The standard InChI is InChI=1S/C24H31N5O2/c1-4-25-24(27-18-20-9-12-22(31-5-2)23(17-20)30-3)26-15-13-19-7-10-21(11-8-19)29-16-6-14-28-29/h6-12,14,16-17H,4-5,13,15,18H2,1-3H3,(H2,25,26,27). The Kier molecular flexibility index (Phi) is 8.34. The van der Waals surface area contributed by atoms with Gasteiger partial charge in [-0.1, -0.05) is 18.2 Å². The quantitative estimate of drug-likeness (QED) is 0.387. The maximum Gasteiger partial charge on any atom is 0.191 e. The molecule has 1 heterocycles. The molecule has 3 rings (SSSR count). The SMILES string of the molecule is CCNC(=NCc1ccc(OCC)c(OC)c1)NCCc1ccc(-n2cccn2)cc1. The zero-order valence-corrected chi connectivity index (χ0v) is 18.5. The third-order valence-electron chi connectivity index (χ3n) is 4.70. The van der Waals surface area contributed by atoms with Gasteiger partial charge >= 0.3 is 0 Å². The number of aliphatic imine (C=N–C) groups is 1. The van der Waals surface area contributed by atoms with Crippen molar-refractivity contribution >= 4 is 5.96 Å². The van der Waals surface area contributed by atoms with Gasteiger partial charge in [0.25, 0.3) is 0 Å². The highest BCUT2D eigenvalue weighted by Crippen LogP contribution is 2.28. The molecule has 31 heavy (non-hydrogen) atoms. The molecule has 0 aliphatic carbocycles. The van der Waals surface area contributed by atoms with Crippen molar-refractivity contribution in [1.29, 1.82) is 0 Å². The molecule has 0 saturated carbocycles. The normalized spacial score (nSPS) is 11.3. The van der Waals surface area contributed by atoms with Crippen LogP contribution in [0.4, 0.5) is 0 Å². The first-order valence-corrected chi connectivity index (χ1v) is 10.6. The topological polar surface area (TPSA) is 72.7 Å². The van der Waals surface area contributed by atoms with Gasteiger partial charge in [-0.05, 0) is 61.7 Å². The molecule has 7 heteroatoms. The molecule has 0 radical (unpaired) electrons. The highest BCUT2D eigenvalue weighted by Gasteiger charge is 2.06. The molecule has 0 saturated heterocycles. The third-order valence-corrected chi connectivity index (χ3v) is 4.70. The second kappa shape index (κ2) is 11.6. The Morgan fingerprint density at radius 1 is 1.03 bits per heavy atom. The Hall–Kier alpha value is -3.48. The first kappa shape index (κ1) is 22.2. The van der Waals surface area contributed by atoms with Gasteiger partial charge in [-0.25, -0.2) is 9.67 Å². The lowest BCUT2D eigenvalue weighted by molar-refractivity contribution is 0.310. The van der Waals surface area contributed by atoms with Crippen LogP contribution < -0.4 is 20.1 Å². The number of benzene rings is 2. The van der Waals surface area contributed by atoms with Crippen LogP contribution in [0.15, 0.2) is 65.9 Å². The van der Waals surface area contributed by atoms with Crippen molar-refractivity contribution in [2.45, 2.75) is 26.8 Å². The number of guanidine groups is 1. The molecule has 0 atom stereocenters. The fourth-order valence-electron chi connectivity index (χ4n) is 3.16. The summed E-state index contributed by atoms with van der Waals surface area (Å²) in [5.74, 6) is 2.27. The molecule has 0 bridgehead atoms. The average Bonchev–Trinajstić information content (AvgIpc) is 3.34. The minimum Gasteiger partial charge on any atom is -0.493 e. The Labute approximate surface area is 184 Å². The van der Waals surface area contributed by atoms with E-state index >= 15 is 0 Å². The van der Waals surface area contributed by atoms with Crippen LogP contribution in [-0.4, -0.2) is 42.5 Å². The van der Waals surface area contributed by atoms with Crippen molar-refractivity contribution in [2.75, 3.05) is 26.8 Å². The summed E-state index contributed by atoms with van der Waals surface area (Å²) in [6.45, 7) is 6.77. The van der Waals surface area contributed by atoms with Crippen molar-refractivity contribution < 1.29 is 9.47 Å². The molecule has 164 valence electrons. The van der Waals surface area contributed by atoms with E-state index in [0.717, 1.165) is 48.2 Å². The first-order valence-electron chi connectivity index (χ1n) is 10.6. The zero-order valence-electron chi connectivity index (χ0n) is 18.5.